The van der Waals surface area contributed by atoms with Crippen molar-refractivity contribution in [1.29, 1.82) is 0 Å². The van der Waals surface area contributed by atoms with E-state index in [1.165, 1.54) is 32.1 Å². The van der Waals surface area contributed by atoms with Gasteiger partial charge in [0, 0.05) is 21.3 Å². The molecule has 1 spiro atoms. The lowest BCUT2D eigenvalue weighted by molar-refractivity contribution is 0.303. The molecule has 3 rings (SSSR count). The van der Waals surface area contributed by atoms with E-state index < -0.39 is 0 Å². The van der Waals surface area contributed by atoms with Gasteiger partial charge in [-0.25, -0.2) is 0 Å². The van der Waals surface area contributed by atoms with Crippen LogP contribution in [0.3, 0.4) is 0 Å². The molecule has 0 bridgehead atoms. The standard InChI is InChI=1S/C16H20Cl2N2S/c1-11(13-6-5-12(17)9-14(13)18)19-15-20-16(10-21-15)7-3-2-4-8-16/h5-6,9,11H,2-4,7-8,10H2,1H3,(H,19,20). The predicted molar refractivity (Wildman–Crippen MR) is 93.7 cm³/mol. The molecule has 1 saturated heterocycles. The molecule has 2 nitrogen and oxygen atoms in total. The van der Waals surface area contributed by atoms with E-state index in [-0.39, 0.29) is 6.04 Å². The van der Waals surface area contributed by atoms with Crippen LogP contribution < -0.4 is 5.32 Å². The number of rotatable bonds is 2. The third-order valence-electron chi connectivity index (χ3n) is 4.39. The monoisotopic (exact) mass is 342 g/mol. The molecule has 1 unspecified atom stereocenters. The summed E-state index contributed by atoms with van der Waals surface area (Å²) in [6.07, 6.45) is 6.58. The fourth-order valence-corrected chi connectivity index (χ4v) is 5.02. The highest BCUT2D eigenvalue weighted by Gasteiger charge is 2.38. The average molecular weight is 343 g/mol. The highest BCUT2D eigenvalue weighted by molar-refractivity contribution is 8.14. The van der Waals surface area contributed by atoms with Crippen LogP contribution in [0.4, 0.5) is 0 Å². The van der Waals surface area contributed by atoms with E-state index in [9.17, 15) is 0 Å². The van der Waals surface area contributed by atoms with Gasteiger partial charge in [-0.1, -0.05) is 60.3 Å². The van der Waals surface area contributed by atoms with Gasteiger partial charge in [-0.15, -0.1) is 0 Å². The smallest absolute Gasteiger partial charge is 0.157 e. The molecule has 1 N–H and O–H groups in total. The second kappa shape index (κ2) is 6.39. The van der Waals surface area contributed by atoms with E-state index in [4.69, 9.17) is 28.2 Å². The van der Waals surface area contributed by atoms with Crippen molar-refractivity contribution in [1.82, 2.24) is 5.32 Å². The van der Waals surface area contributed by atoms with Crippen LogP contribution in [-0.4, -0.2) is 16.5 Å². The van der Waals surface area contributed by atoms with Crippen LogP contribution in [0, 0.1) is 0 Å². The van der Waals surface area contributed by atoms with Gasteiger partial charge in [0.1, 0.15) is 0 Å². The third kappa shape index (κ3) is 3.52. The number of halogens is 2. The average Bonchev–Trinajstić information content (AvgIpc) is 2.82. The first-order valence-corrected chi connectivity index (χ1v) is 9.26. The Morgan fingerprint density at radius 2 is 2.00 bits per heavy atom. The van der Waals surface area contributed by atoms with Crippen molar-refractivity contribution in [2.24, 2.45) is 4.99 Å². The van der Waals surface area contributed by atoms with Crippen molar-refractivity contribution < 1.29 is 0 Å². The summed E-state index contributed by atoms with van der Waals surface area (Å²) in [7, 11) is 0. The van der Waals surface area contributed by atoms with Crippen LogP contribution in [0.25, 0.3) is 0 Å². The van der Waals surface area contributed by atoms with Gasteiger partial charge in [-0.3, -0.25) is 4.99 Å². The molecule has 1 aliphatic carbocycles. The molecule has 1 atom stereocenters. The van der Waals surface area contributed by atoms with Gasteiger partial charge < -0.3 is 5.32 Å². The molecular formula is C16H20Cl2N2S. The van der Waals surface area contributed by atoms with Crippen LogP contribution in [0.5, 0.6) is 0 Å². The Kier molecular flexibility index (Phi) is 4.72. The topological polar surface area (TPSA) is 24.4 Å². The minimum atomic E-state index is 0.0449. The Morgan fingerprint density at radius 3 is 2.71 bits per heavy atom. The molecule has 1 aromatic carbocycles. The summed E-state index contributed by atoms with van der Waals surface area (Å²) in [6.45, 7) is 2.08. The van der Waals surface area contributed by atoms with Crippen molar-refractivity contribution in [2.45, 2.75) is 50.6 Å². The molecule has 114 valence electrons. The second-order valence-electron chi connectivity index (χ2n) is 6.03. The van der Waals surface area contributed by atoms with Gasteiger partial charge in [0.25, 0.3) is 0 Å². The molecule has 1 aliphatic heterocycles. The zero-order valence-electron chi connectivity index (χ0n) is 12.2. The number of nitrogens with one attached hydrogen (secondary N) is 1. The molecule has 21 heavy (non-hydrogen) atoms. The maximum Gasteiger partial charge on any atom is 0.157 e. The summed E-state index contributed by atoms with van der Waals surface area (Å²) in [4.78, 5) is 4.83. The zero-order valence-corrected chi connectivity index (χ0v) is 14.5. The molecule has 1 aromatic rings. The molecular weight excluding hydrogens is 323 g/mol. The van der Waals surface area contributed by atoms with Crippen LogP contribution in [0.1, 0.15) is 50.6 Å². The van der Waals surface area contributed by atoms with Crippen LogP contribution in [0.2, 0.25) is 10.0 Å². The summed E-state index contributed by atoms with van der Waals surface area (Å²) >= 11 is 14.1. The highest BCUT2D eigenvalue weighted by atomic mass is 35.5. The summed E-state index contributed by atoms with van der Waals surface area (Å²) in [5.41, 5.74) is 1.33. The van der Waals surface area contributed by atoms with Crippen molar-refractivity contribution in [3.05, 3.63) is 33.8 Å². The summed E-state index contributed by atoms with van der Waals surface area (Å²) < 4.78 is 0. The lowest BCUT2D eigenvalue weighted by atomic mass is 9.83. The number of benzene rings is 1. The summed E-state index contributed by atoms with van der Waals surface area (Å²) in [6, 6.07) is 5.67. The lowest BCUT2D eigenvalue weighted by Crippen LogP contribution is -2.45. The minimum Gasteiger partial charge on any atom is -0.359 e. The first-order valence-electron chi connectivity index (χ1n) is 7.52. The van der Waals surface area contributed by atoms with E-state index in [1.54, 1.807) is 6.07 Å². The Bertz CT molecular complexity index is 553. The second-order valence-corrected chi connectivity index (χ2v) is 7.84. The van der Waals surface area contributed by atoms with Crippen molar-refractivity contribution in [3.8, 4) is 0 Å². The van der Waals surface area contributed by atoms with Gasteiger partial charge in [0.2, 0.25) is 0 Å². The summed E-state index contributed by atoms with van der Waals surface area (Å²) in [5, 5.41) is 6.10. The van der Waals surface area contributed by atoms with Gasteiger partial charge in [0.15, 0.2) is 5.17 Å². The van der Waals surface area contributed by atoms with E-state index >= 15 is 0 Å². The first-order chi connectivity index (χ1) is 10.1. The summed E-state index contributed by atoms with van der Waals surface area (Å²) in [5.74, 6) is 1.15. The van der Waals surface area contributed by atoms with Gasteiger partial charge >= 0.3 is 0 Å². The van der Waals surface area contributed by atoms with E-state index in [2.05, 4.69) is 12.2 Å². The zero-order chi connectivity index (χ0) is 14.9. The number of thioether (sulfide) groups is 1. The predicted octanol–water partition coefficient (Wildman–Crippen LogP) is 5.45. The molecule has 2 fully saturated rings. The number of hydrogen-bond acceptors (Lipinski definition) is 2. The number of amidine groups is 1. The first kappa shape index (κ1) is 15.5. The van der Waals surface area contributed by atoms with Crippen molar-refractivity contribution in [3.63, 3.8) is 0 Å². The van der Waals surface area contributed by atoms with Crippen molar-refractivity contribution in [2.75, 3.05) is 5.75 Å². The number of hydrogen-bond donors (Lipinski definition) is 1. The Labute approximate surface area is 140 Å². The SMILES string of the molecule is CC(N=C1NC2(CCCCC2)CS1)c1ccc(Cl)cc1Cl. The largest absolute Gasteiger partial charge is 0.359 e. The molecule has 0 radical (unpaired) electrons. The minimum absolute atomic E-state index is 0.0449. The molecule has 1 saturated carbocycles. The molecule has 1 heterocycles. The fraction of sp³-hybridized carbons (Fsp3) is 0.562. The third-order valence-corrected chi connectivity index (χ3v) is 6.13. The Morgan fingerprint density at radius 1 is 1.24 bits per heavy atom. The maximum absolute atomic E-state index is 6.27. The Hall–Kier alpha value is -0.380. The number of nitrogens with zero attached hydrogens (tertiary/aromatic N) is 1. The highest BCUT2D eigenvalue weighted by Crippen LogP contribution is 2.37. The normalized spacial score (nSPS) is 24.2. The van der Waals surface area contributed by atoms with Gasteiger partial charge in [-0.2, -0.15) is 0 Å². The van der Waals surface area contributed by atoms with E-state index in [0.717, 1.165) is 16.5 Å². The quantitative estimate of drug-likeness (QED) is 0.772. The lowest BCUT2D eigenvalue weighted by Gasteiger charge is -2.32. The maximum atomic E-state index is 6.27. The van der Waals surface area contributed by atoms with Gasteiger partial charge in [-0.05, 0) is 37.5 Å². The van der Waals surface area contributed by atoms with E-state index in [0.29, 0.717) is 15.6 Å². The van der Waals surface area contributed by atoms with Crippen LogP contribution in [-0.2, 0) is 0 Å². The number of aliphatic imine (C=N–C) groups is 1. The Balaban J connectivity index is 1.73. The molecule has 5 heteroatoms. The van der Waals surface area contributed by atoms with E-state index in [1.807, 2.05) is 23.9 Å². The van der Waals surface area contributed by atoms with Crippen molar-refractivity contribution >= 4 is 40.1 Å². The van der Waals surface area contributed by atoms with Crippen LogP contribution >= 0.6 is 35.0 Å². The fourth-order valence-electron chi connectivity index (χ4n) is 3.16. The van der Waals surface area contributed by atoms with Crippen LogP contribution in [0.15, 0.2) is 23.2 Å². The molecule has 2 aliphatic rings. The molecule has 0 aromatic heterocycles. The molecule has 0 amide bonds. The van der Waals surface area contributed by atoms with Gasteiger partial charge in [0.05, 0.1) is 6.04 Å².